The van der Waals surface area contributed by atoms with E-state index in [4.69, 9.17) is 0 Å². The van der Waals surface area contributed by atoms with E-state index in [1.54, 1.807) is 11.3 Å². The van der Waals surface area contributed by atoms with E-state index < -0.39 is 0 Å². The fraction of sp³-hybridized carbons (Fsp3) is 0.400. The van der Waals surface area contributed by atoms with Crippen LogP contribution in [0, 0.1) is 27.7 Å². The summed E-state index contributed by atoms with van der Waals surface area (Å²) in [5.74, 6) is 0. The highest BCUT2D eigenvalue weighted by Gasteiger charge is 2.13. The molecule has 0 spiro atoms. The highest BCUT2D eigenvalue weighted by molar-refractivity contribution is 9.10. The molecule has 5 heteroatoms. The quantitative estimate of drug-likeness (QED) is 0.805. The number of rotatable bonds is 1. The normalized spacial score (nSPS) is 11.0. The monoisotopic (exact) mass is 285 g/mol. The number of aromatic nitrogens is 3. The van der Waals surface area contributed by atoms with Crippen LogP contribution in [0.15, 0.2) is 4.47 Å². The van der Waals surface area contributed by atoms with Crippen LogP contribution < -0.4 is 0 Å². The van der Waals surface area contributed by atoms with Crippen molar-refractivity contribution in [2.24, 2.45) is 0 Å². The van der Waals surface area contributed by atoms with Crippen molar-refractivity contribution in [1.29, 1.82) is 0 Å². The lowest BCUT2D eigenvalue weighted by Gasteiger charge is -1.97. The molecule has 0 N–H and O–H groups in total. The molecule has 0 fully saturated rings. The van der Waals surface area contributed by atoms with E-state index in [0.717, 1.165) is 26.7 Å². The van der Waals surface area contributed by atoms with Gasteiger partial charge in [-0.05, 0) is 43.6 Å². The van der Waals surface area contributed by atoms with Crippen LogP contribution in [-0.4, -0.2) is 14.8 Å². The highest BCUT2D eigenvalue weighted by Crippen LogP contribution is 2.26. The van der Waals surface area contributed by atoms with Gasteiger partial charge in [-0.25, -0.2) is 9.67 Å². The van der Waals surface area contributed by atoms with Crippen LogP contribution in [0.1, 0.15) is 22.0 Å². The summed E-state index contributed by atoms with van der Waals surface area (Å²) in [6.45, 7) is 8.13. The smallest absolute Gasteiger partial charge is 0.211 e. The highest BCUT2D eigenvalue weighted by atomic mass is 79.9. The molecule has 0 saturated heterocycles. The second-order valence-electron chi connectivity index (χ2n) is 3.53. The van der Waals surface area contributed by atoms with Gasteiger partial charge in [-0.2, -0.15) is 5.10 Å². The van der Waals surface area contributed by atoms with Crippen LogP contribution in [-0.2, 0) is 0 Å². The van der Waals surface area contributed by atoms with Crippen molar-refractivity contribution in [1.82, 2.24) is 14.8 Å². The van der Waals surface area contributed by atoms with Crippen molar-refractivity contribution in [3.05, 3.63) is 26.4 Å². The van der Waals surface area contributed by atoms with Gasteiger partial charge >= 0.3 is 0 Å². The second kappa shape index (κ2) is 3.72. The van der Waals surface area contributed by atoms with Gasteiger partial charge in [0, 0.05) is 4.88 Å². The average Bonchev–Trinajstić information content (AvgIpc) is 2.63. The van der Waals surface area contributed by atoms with Gasteiger partial charge in [0.05, 0.1) is 21.6 Å². The van der Waals surface area contributed by atoms with Crippen LogP contribution in [0.5, 0.6) is 0 Å². The molecule has 0 unspecified atom stereocenters. The summed E-state index contributed by atoms with van der Waals surface area (Å²) in [6, 6.07) is 0. The van der Waals surface area contributed by atoms with Crippen LogP contribution >= 0.6 is 27.3 Å². The van der Waals surface area contributed by atoms with E-state index in [2.05, 4.69) is 32.9 Å². The number of hydrogen-bond donors (Lipinski definition) is 0. The summed E-state index contributed by atoms with van der Waals surface area (Å²) in [7, 11) is 0. The Morgan fingerprint density at radius 3 is 2.20 bits per heavy atom. The Balaban J connectivity index is 2.59. The molecule has 0 aromatic carbocycles. The van der Waals surface area contributed by atoms with E-state index in [-0.39, 0.29) is 0 Å². The number of hydrogen-bond acceptors (Lipinski definition) is 3. The summed E-state index contributed by atoms with van der Waals surface area (Å²) >= 11 is 5.19. The van der Waals surface area contributed by atoms with Crippen molar-refractivity contribution in [2.45, 2.75) is 27.7 Å². The molecule has 0 aliphatic rings. The number of thiazole rings is 1. The molecule has 2 heterocycles. The molecule has 15 heavy (non-hydrogen) atoms. The third-order valence-corrected chi connectivity index (χ3v) is 4.60. The Morgan fingerprint density at radius 2 is 1.80 bits per heavy atom. The molecule has 3 nitrogen and oxygen atoms in total. The first-order chi connectivity index (χ1) is 7.00. The summed E-state index contributed by atoms with van der Waals surface area (Å²) in [4.78, 5) is 5.74. The van der Waals surface area contributed by atoms with E-state index in [9.17, 15) is 0 Å². The van der Waals surface area contributed by atoms with Gasteiger partial charge in [-0.3, -0.25) is 0 Å². The van der Waals surface area contributed by atoms with Crippen molar-refractivity contribution < 1.29 is 0 Å². The Labute approximate surface area is 101 Å². The maximum absolute atomic E-state index is 4.49. The van der Waals surface area contributed by atoms with Crippen molar-refractivity contribution in [2.75, 3.05) is 0 Å². The molecule has 2 aromatic rings. The fourth-order valence-corrected chi connectivity index (χ4v) is 2.52. The molecule has 0 saturated carbocycles. The van der Waals surface area contributed by atoms with E-state index in [1.165, 1.54) is 4.88 Å². The Hall–Kier alpha value is -0.680. The Kier molecular flexibility index (Phi) is 2.68. The molecule has 0 atom stereocenters. The molecular weight excluding hydrogens is 274 g/mol. The van der Waals surface area contributed by atoms with Crippen LogP contribution in [0.25, 0.3) is 5.13 Å². The second-order valence-corrected chi connectivity index (χ2v) is 5.51. The summed E-state index contributed by atoms with van der Waals surface area (Å²) in [5, 5.41) is 5.39. The van der Waals surface area contributed by atoms with Crippen molar-refractivity contribution >= 4 is 27.3 Å². The summed E-state index contributed by atoms with van der Waals surface area (Å²) in [6.07, 6.45) is 0. The zero-order valence-corrected chi connectivity index (χ0v) is 11.5. The predicted octanol–water partition coefficient (Wildman–Crippen LogP) is 3.32. The zero-order chi connectivity index (χ0) is 11.2. The number of nitrogens with zero attached hydrogens (tertiary/aromatic N) is 3. The Morgan fingerprint density at radius 1 is 1.13 bits per heavy atom. The topological polar surface area (TPSA) is 30.7 Å². The maximum Gasteiger partial charge on any atom is 0.211 e. The number of aryl methyl sites for hydroxylation is 3. The maximum atomic E-state index is 4.49. The van der Waals surface area contributed by atoms with Crippen molar-refractivity contribution in [3.8, 4) is 5.13 Å². The van der Waals surface area contributed by atoms with E-state index in [0.29, 0.717) is 0 Å². The molecule has 0 bridgehead atoms. The summed E-state index contributed by atoms with van der Waals surface area (Å²) in [5.41, 5.74) is 3.18. The minimum absolute atomic E-state index is 0.941. The molecule has 0 aliphatic carbocycles. The Bertz CT molecular complexity index is 493. The lowest BCUT2D eigenvalue weighted by molar-refractivity contribution is 0.821. The lowest BCUT2D eigenvalue weighted by Crippen LogP contribution is -1.98. The summed E-state index contributed by atoms with van der Waals surface area (Å²) < 4.78 is 2.96. The third-order valence-electron chi connectivity index (χ3n) is 2.40. The van der Waals surface area contributed by atoms with Gasteiger partial charge in [0.2, 0.25) is 5.13 Å². The van der Waals surface area contributed by atoms with Crippen LogP contribution in [0.3, 0.4) is 0 Å². The molecule has 80 valence electrons. The van der Waals surface area contributed by atoms with Gasteiger partial charge in [0.1, 0.15) is 0 Å². The first-order valence-corrected chi connectivity index (χ1v) is 6.27. The van der Waals surface area contributed by atoms with Crippen LogP contribution in [0.4, 0.5) is 0 Å². The van der Waals surface area contributed by atoms with Crippen molar-refractivity contribution in [3.63, 3.8) is 0 Å². The van der Waals surface area contributed by atoms with Gasteiger partial charge < -0.3 is 0 Å². The van der Waals surface area contributed by atoms with Gasteiger partial charge in [-0.15, -0.1) is 0 Å². The molecule has 2 aromatic heterocycles. The number of halogens is 1. The van der Waals surface area contributed by atoms with Gasteiger partial charge in [-0.1, -0.05) is 11.3 Å². The predicted molar refractivity (Wildman–Crippen MR) is 65.9 cm³/mol. The van der Waals surface area contributed by atoms with Gasteiger partial charge in [0.15, 0.2) is 0 Å². The minimum Gasteiger partial charge on any atom is -0.223 e. The lowest BCUT2D eigenvalue weighted by atomic mass is 10.4. The average molecular weight is 286 g/mol. The van der Waals surface area contributed by atoms with E-state index >= 15 is 0 Å². The largest absolute Gasteiger partial charge is 0.223 e. The molecule has 2 rings (SSSR count). The van der Waals surface area contributed by atoms with Crippen LogP contribution in [0.2, 0.25) is 0 Å². The fourth-order valence-electron chi connectivity index (χ4n) is 1.36. The molecule has 0 aliphatic heterocycles. The first kappa shape index (κ1) is 10.8. The molecule has 0 radical (unpaired) electrons. The van der Waals surface area contributed by atoms with Gasteiger partial charge in [0.25, 0.3) is 0 Å². The zero-order valence-electron chi connectivity index (χ0n) is 9.13. The minimum atomic E-state index is 0.941. The first-order valence-electron chi connectivity index (χ1n) is 4.67. The molecule has 0 amide bonds. The SMILES string of the molecule is Cc1nc(-n2nc(C)c(Br)c2C)sc1C. The molecular formula is C10H12BrN3S. The third kappa shape index (κ3) is 1.74. The van der Waals surface area contributed by atoms with E-state index in [1.807, 2.05) is 25.5 Å². The standard InChI is InChI=1S/C10H12BrN3S/c1-5-8(4)15-10(12-5)14-7(3)9(11)6(2)13-14/h1-4H3.